The Bertz CT molecular complexity index is 989. The van der Waals surface area contributed by atoms with E-state index < -0.39 is 35.7 Å². The fourth-order valence-corrected chi connectivity index (χ4v) is 3.00. The van der Waals surface area contributed by atoms with Crippen LogP contribution in [0.2, 0.25) is 0 Å². The molecule has 0 aliphatic rings. The average molecular weight is 460 g/mol. The molecule has 3 atom stereocenters. The summed E-state index contributed by atoms with van der Waals surface area (Å²) in [7, 11) is 1.39. The van der Waals surface area contributed by atoms with Crippen LogP contribution in [-0.2, 0) is 14.3 Å². The molecule has 1 aromatic carbocycles. The lowest BCUT2D eigenvalue weighted by molar-refractivity contribution is -0.153. The summed E-state index contributed by atoms with van der Waals surface area (Å²) in [6, 6.07) is 7.48. The van der Waals surface area contributed by atoms with Gasteiger partial charge in [-0.2, -0.15) is 0 Å². The Morgan fingerprint density at radius 3 is 2.18 bits per heavy atom. The largest absolute Gasteiger partial charge is 0.493 e. The van der Waals surface area contributed by atoms with Gasteiger partial charge in [0.25, 0.3) is 0 Å². The van der Waals surface area contributed by atoms with Gasteiger partial charge in [-0.1, -0.05) is 39.8 Å². The topological polar surface area (TPSA) is 91.8 Å². The number of ether oxygens (including phenoxy) is 3. The van der Waals surface area contributed by atoms with Crippen molar-refractivity contribution in [3.63, 3.8) is 0 Å². The maximum Gasteiger partial charge on any atom is 0.313 e. The molecular weight excluding hydrogens is 429 g/mol. The van der Waals surface area contributed by atoms with Gasteiger partial charge in [0.05, 0.1) is 18.9 Å². The fourth-order valence-electron chi connectivity index (χ4n) is 3.00. The van der Waals surface area contributed by atoms with E-state index in [4.69, 9.17) is 14.2 Å². The van der Waals surface area contributed by atoms with Crippen LogP contribution in [0.25, 0.3) is 0 Å². The predicted molar refractivity (Wildman–Crippen MR) is 120 cm³/mol. The Morgan fingerprint density at radius 1 is 0.970 bits per heavy atom. The third-order valence-corrected chi connectivity index (χ3v) is 5.32. The van der Waals surface area contributed by atoms with Gasteiger partial charge in [-0.05, 0) is 24.6 Å². The Morgan fingerprint density at radius 2 is 1.61 bits per heavy atom. The van der Waals surface area contributed by atoms with Crippen LogP contribution in [0.15, 0.2) is 36.5 Å². The smallest absolute Gasteiger partial charge is 0.313 e. The summed E-state index contributed by atoms with van der Waals surface area (Å²) < 4.78 is 29.3. The summed E-state index contributed by atoms with van der Waals surface area (Å²) in [5, 5.41) is 0. The molecule has 0 bridgehead atoms. The highest BCUT2D eigenvalue weighted by Gasteiger charge is 2.28. The van der Waals surface area contributed by atoms with E-state index >= 15 is 0 Å². The molecule has 33 heavy (non-hydrogen) atoms. The van der Waals surface area contributed by atoms with Gasteiger partial charge in [0.1, 0.15) is 11.9 Å². The van der Waals surface area contributed by atoms with E-state index in [-0.39, 0.29) is 35.3 Å². The molecule has 2 rings (SSSR count). The maximum absolute atomic E-state index is 13.2. The summed E-state index contributed by atoms with van der Waals surface area (Å²) in [5.74, 6) is -3.13. The average Bonchev–Trinajstić information content (AvgIpc) is 2.78. The second-order valence-electron chi connectivity index (χ2n) is 8.28. The molecule has 0 radical (unpaired) electrons. The zero-order valence-corrected chi connectivity index (χ0v) is 19.8. The minimum Gasteiger partial charge on any atom is -0.493 e. The lowest BCUT2D eigenvalue weighted by Crippen LogP contribution is -2.26. The lowest BCUT2D eigenvalue weighted by Gasteiger charge is -2.22. The molecule has 8 heteroatoms. The van der Waals surface area contributed by atoms with E-state index in [1.807, 2.05) is 6.92 Å². The van der Waals surface area contributed by atoms with Gasteiger partial charge in [-0.3, -0.25) is 14.4 Å². The zero-order chi connectivity index (χ0) is 24.7. The van der Waals surface area contributed by atoms with Gasteiger partial charge in [0.15, 0.2) is 17.2 Å². The molecular formula is C25H30FNO6. The number of halogens is 1. The first-order valence-electron chi connectivity index (χ1n) is 10.8. The standard InChI is InChI=1S/C25H30FNO6/c1-14(2)24(29)33-23-21(31-6)11-12-27-22(23)20(28)13-15(3)25(30)32-17(5)16(4)18-7-9-19(26)10-8-18/h7-12,14-17H,13H2,1-6H3/t15-,16-,17+/m1/s1. The van der Waals surface area contributed by atoms with Crippen LogP contribution in [0.5, 0.6) is 11.5 Å². The number of carbonyl (C=O) groups excluding carboxylic acids is 3. The van der Waals surface area contributed by atoms with Crippen molar-refractivity contribution in [2.24, 2.45) is 11.8 Å². The van der Waals surface area contributed by atoms with E-state index in [9.17, 15) is 18.8 Å². The number of pyridine rings is 1. The zero-order valence-electron chi connectivity index (χ0n) is 19.8. The summed E-state index contributed by atoms with van der Waals surface area (Å²) >= 11 is 0. The van der Waals surface area contributed by atoms with Crippen LogP contribution in [0, 0.1) is 17.7 Å². The maximum atomic E-state index is 13.2. The molecule has 0 aliphatic carbocycles. The first-order valence-corrected chi connectivity index (χ1v) is 10.8. The molecule has 0 aliphatic heterocycles. The van der Waals surface area contributed by atoms with Crippen molar-refractivity contribution in [3.05, 3.63) is 53.6 Å². The van der Waals surface area contributed by atoms with Gasteiger partial charge in [0, 0.05) is 24.6 Å². The van der Waals surface area contributed by atoms with Crippen molar-refractivity contribution in [3.8, 4) is 11.5 Å². The summed E-state index contributed by atoms with van der Waals surface area (Å²) in [6.07, 6.45) is 0.690. The number of carbonyl (C=O) groups is 3. The predicted octanol–water partition coefficient (Wildman–Crippen LogP) is 4.74. The monoisotopic (exact) mass is 459 g/mol. The number of methoxy groups -OCH3 is 1. The highest BCUT2D eigenvalue weighted by molar-refractivity contribution is 6.00. The van der Waals surface area contributed by atoms with Crippen molar-refractivity contribution in [2.75, 3.05) is 7.11 Å². The van der Waals surface area contributed by atoms with Crippen LogP contribution in [-0.4, -0.2) is 35.9 Å². The van der Waals surface area contributed by atoms with Gasteiger partial charge in [-0.25, -0.2) is 9.37 Å². The number of hydrogen-bond acceptors (Lipinski definition) is 7. The number of hydrogen-bond donors (Lipinski definition) is 0. The normalized spacial score (nSPS) is 13.7. The molecule has 0 spiro atoms. The number of rotatable bonds is 10. The molecule has 0 saturated heterocycles. The molecule has 0 saturated carbocycles. The van der Waals surface area contributed by atoms with Crippen LogP contribution in [0.1, 0.15) is 63.0 Å². The van der Waals surface area contributed by atoms with E-state index in [0.29, 0.717) is 0 Å². The summed E-state index contributed by atoms with van der Waals surface area (Å²) in [5.41, 5.74) is 0.744. The third kappa shape index (κ3) is 6.84. The number of nitrogens with zero attached hydrogens (tertiary/aromatic N) is 1. The van der Waals surface area contributed by atoms with Crippen molar-refractivity contribution in [1.29, 1.82) is 0 Å². The molecule has 178 valence electrons. The number of benzene rings is 1. The molecule has 2 aromatic rings. The van der Waals surface area contributed by atoms with Crippen LogP contribution in [0.4, 0.5) is 4.39 Å². The van der Waals surface area contributed by atoms with Gasteiger partial charge < -0.3 is 14.2 Å². The van der Waals surface area contributed by atoms with Crippen molar-refractivity contribution >= 4 is 17.7 Å². The number of ketones is 1. The molecule has 0 fully saturated rings. The van der Waals surface area contributed by atoms with E-state index in [2.05, 4.69) is 4.98 Å². The van der Waals surface area contributed by atoms with Crippen molar-refractivity contribution in [2.45, 2.75) is 53.1 Å². The van der Waals surface area contributed by atoms with E-state index in [1.165, 1.54) is 31.5 Å². The Labute approximate surface area is 193 Å². The van der Waals surface area contributed by atoms with Crippen LogP contribution in [0.3, 0.4) is 0 Å². The number of aromatic nitrogens is 1. The Kier molecular flexibility index (Phi) is 9.08. The number of Topliss-reactive ketones (excluding diaryl/α,β-unsaturated/α-hetero) is 1. The van der Waals surface area contributed by atoms with Gasteiger partial charge >= 0.3 is 11.9 Å². The van der Waals surface area contributed by atoms with E-state index in [0.717, 1.165) is 5.56 Å². The quantitative estimate of drug-likeness (QED) is 0.374. The SMILES string of the molecule is COc1ccnc(C(=O)C[C@@H](C)C(=O)O[C@@H](C)[C@@H](C)c2ccc(F)cc2)c1OC(=O)C(C)C. The Balaban J connectivity index is 2.09. The van der Waals surface area contributed by atoms with Crippen LogP contribution >= 0.6 is 0 Å². The van der Waals surface area contributed by atoms with Crippen molar-refractivity contribution in [1.82, 2.24) is 4.98 Å². The second-order valence-corrected chi connectivity index (χ2v) is 8.28. The molecule has 0 unspecified atom stereocenters. The third-order valence-electron chi connectivity index (χ3n) is 5.32. The molecule has 1 aromatic heterocycles. The van der Waals surface area contributed by atoms with E-state index in [1.54, 1.807) is 39.8 Å². The van der Waals surface area contributed by atoms with Gasteiger partial charge in [-0.15, -0.1) is 0 Å². The first-order chi connectivity index (χ1) is 15.5. The first kappa shape index (κ1) is 26.0. The molecule has 7 nitrogen and oxygen atoms in total. The minimum atomic E-state index is -0.762. The molecule has 0 amide bonds. The molecule has 1 heterocycles. The molecule has 0 N–H and O–H groups in total. The minimum absolute atomic E-state index is 0.0671. The summed E-state index contributed by atoms with van der Waals surface area (Å²) in [4.78, 5) is 41.7. The number of esters is 2. The second kappa shape index (κ2) is 11.5. The van der Waals surface area contributed by atoms with Crippen LogP contribution < -0.4 is 9.47 Å². The lowest BCUT2D eigenvalue weighted by atomic mass is 9.96. The highest BCUT2D eigenvalue weighted by atomic mass is 19.1. The van der Waals surface area contributed by atoms with Gasteiger partial charge in [0.2, 0.25) is 5.75 Å². The highest BCUT2D eigenvalue weighted by Crippen LogP contribution is 2.32. The fraction of sp³-hybridized carbons (Fsp3) is 0.440. The van der Waals surface area contributed by atoms with Crippen molar-refractivity contribution < 1.29 is 33.0 Å². The summed E-state index contributed by atoms with van der Waals surface area (Å²) in [6.45, 7) is 8.53. The Hall–Kier alpha value is -3.29.